The van der Waals surface area contributed by atoms with Gasteiger partial charge in [0.05, 0.1) is 0 Å². The van der Waals surface area contributed by atoms with Crippen LogP contribution < -0.4 is 0 Å². The minimum absolute atomic E-state index is 0.00902. The number of hydrogen-bond donors (Lipinski definition) is 1. The van der Waals surface area contributed by atoms with E-state index in [1.54, 1.807) is 13.1 Å². The van der Waals surface area contributed by atoms with Gasteiger partial charge in [0.1, 0.15) is 11.3 Å². The Kier molecular flexibility index (Phi) is 5.98. The summed E-state index contributed by atoms with van der Waals surface area (Å²) in [5.74, 6) is -1.26. The second kappa shape index (κ2) is 7.97. The normalized spacial score (nSPS) is 11.6. The zero-order chi connectivity index (χ0) is 17.7. The molecule has 1 N–H and O–H groups in total. The number of benzene rings is 2. The zero-order valence-corrected chi connectivity index (χ0v) is 15.0. The van der Waals surface area contributed by atoms with E-state index in [4.69, 9.17) is 4.74 Å². The summed E-state index contributed by atoms with van der Waals surface area (Å²) in [6, 6.07) is 14.0. The molecule has 6 heteroatoms. The van der Waals surface area contributed by atoms with Crippen LogP contribution in [0.2, 0.25) is 0 Å². The van der Waals surface area contributed by atoms with Crippen molar-refractivity contribution in [2.24, 2.45) is 0 Å². The average Bonchev–Trinajstić information content (AvgIpc) is 2.57. The Morgan fingerprint density at radius 3 is 2.54 bits per heavy atom. The van der Waals surface area contributed by atoms with Gasteiger partial charge in [0.25, 0.3) is 5.91 Å². The summed E-state index contributed by atoms with van der Waals surface area (Å²) in [5.41, 5.74) is 0.992. The van der Waals surface area contributed by atoms with Crippen molar-refractivity contribution in [2.75, 3.05) is 7.05 Å². The van der Waals surface area contributed by atoms with Crippen molar-refractivity contribution in [3.8, 4) is 5.75 Å². The van der Waals surface area contributed by atoms with E-state index in [1.807, 2.05) is 30.3 Å². The maximum absolute atomic E-state index is 12.3. The van der Waals surface area contributed by atoms with Gasteiger partial charge < -0.3 is 14.7 Å². The van der Waals surface area contributed by atoms with Crippen molar-refractivity contribution < 1.29 is 19.4 Å². The molecular formula is C18H18BrNO4. The number of halogens is 1. The molecule has 1 atom stereocenters. The number of ether oxygens (including phenoxy) is 1. The zero-order valence-electron chi connectivity index (χ0n) is 13.4. The minimum atomic E-state index is -0.954. The molecule has 0 aromatic heterocycles. The van der Waals surface area contributed by atoms with Gasteiger partial charge in [-0.15, -0.1) is 0 Å². The molecule has 0 bridgehead atoms. The highest BCUT2D eigenvalue weighted by Gasteiger charge is 2.23. The van der Waals surface area contributed by atoms with Crippen LogP contribution in [0.1, 0.15) is 22.8 Å². The summed E-state index contributed by atoms with van der Waals surface area (Å²) >= 11 is 3.23. The lowest BCUT2D eigenvalue weighted by molar-refractivity contribution is -0.139. The third-order valence-corrected chi connectivity index (χ3v) is 3.94. The molecule has 0 radical (unpaired) electrons. The Morgan fingerprint density at radius 1 is 1.21 bits per heavy atom. The molecule has 0 fully saturated rings. The van der Waals surface area contributed by atoms with Crippen molar-refractivity contribution in [1.82, 2.24) is 4.90 Å². The molecule has 126 valence electrons. The summed E-state index contributed by atoms with van der Waals surface area (Å²) < 4.78 is 5.81. The highest BCUT2D eigenvalue weighted by molar-refractivity contribution is 9.10. The van der Waals surface area contributed by atoms with Crippen molar-refractivity contribution in [3.63, 3.8) is 0 Å². The predicted octanol–water partition coefficient (Wildman–Crippen LogP) is 3.36. The number of carbonyl (C=O) groups is 2. The van der Waals surface area contributed by atoms with Crippen LogP contribution >= 0.6 is 15.9 Å². The van der Waals surface area contributed by atoms with Crippen LogP contribution in [0.15, 0.2) is 53.0 Å². The van der Waals surface area contributed by atoms with Crippen molar-refractivity contribution in [1.29, 1.82) is 0 Å². The van der Waals surface area contributed by atoms with Crippen molar-refractivity contribution in [3.05, 3.63) is 64.1 Å². The number of likely N-dealkylation sites (N-methyl/N-ethyl adjacent to an activating group) is 1. The molecule has 0 unspecified atom stereocenters. The summed E-state index contributed by atoms with van der Waals surface area (Å²) in [6.07, 6.45) is -0.954. The first-order valence-corrected chi connectivity index (χ1v) is 8.16. The van der Waals surface area contributed by atoms with Gasteiger partial charge in [-0.1, -0.05) is 46.3 Å². The fourth-order valence-corrected chi connectivity index (χ4v) is 2.55. The quantitative estimate of drug-likeness (QED) is 0.793. The van der Waals surface area contributed by atoms with Gasteiger partial charge in [-0.2, -0.15) is 0 Å². The van der Waals surface area contributed by atoms with Crippen LogP contribution in [0.3, 0.4) is 0 Å². The Hall–Kier alpha value is -2.34. The number of phenolic OH excluding ortho intramolecular Hbond substituents is 1. The maximum atomic E-state index is 12.3. The Morgan fingerprint density at radius 2 is 1.88 bits per heavy atom. The fourth-order valence-electron chi connectivity index (χ4n) is 2.19. The topological polar surface area (TPSA) is 66.8 Å². The molecule has 2 aromatic rings. The Balaban J connectivity index is 2.00. The molecule has 0 saturated heterocycles. The van der Waals surface area contributed by atoms with Crippen LogP contribution in [-0.2, 0) is 16.1 Å². The molecule has 0 aliphatic rings. The minimum Gasteiger partial charge on any atom is -0.507 e. The highest BCUT2D eigenvalue weighted by atomic mass is 79.9. The molecule has 2 rings (SSSR count). The lowest BCUT2D eigenvalue weighted by Gasteiger charge is -2.21. The monoisotopic (exact) mass is 391 g/mol. The van der Waals surface area contributed by atoms with E-state index < -0.39 is 12.1 Å². The van der Waals surface area contributed by atoms with E-state index in [-0.39, 0.29) is 17.2 Å². The second-order valence-electron chi connectivity index (χ2n) is 5.39. The standard InChI is InChI=1S/C18H18BrNO4/c1-12(17(22)20(2)11-13-6-4-3-5-7-13)24-18(23)15-10-14(19)8-9-16(15)21/h3-10,12,21H,11H2,1-2H3/t12-/m1/s1. The fraction of sp³-hybridized carbons (Fsp3) is 0.222. The van der Waals surface area contributed by atoms with Gasteiger partial charge >= 0.3 is 5.97 Å². The predicted molar refractivity (Wildman–Crippen MR) is 93.6 cm³/mol. The SMILES string of the molecule is C[C@@H](OC(=O)c1cc(Br)ccc1O)C(=O)N(C)Cc1ccccc1. The van der Waals surface area contributed by atoms with Crippen molar-refractivity contribution in [2.45, 2.75) is 19.6 Å². The van der Waals surface area contributed by atoms with Gasteiger partial charge in [0, 0.05) is 18.1 Å². The van der Waals surface area contributed by atoms with Crippen LogP contribution in [-0.4, -0.2) is 35.0 Å². The second-order valence-corrected chi connectivity index (χ2v) is 6.30. The number of esters is 1. The summed E-state index contributed by atoms with van der Waals surface area (Å²) in [7, 11) is 1.65. The van der Waals surface area contributed by atoms with Gasteiger partial charge in [0.15, 0.2) is 6.10 Å². The van der Waals surface area contributed by atoms with Crippen LogP contribution in [0.5, 0.6) is 5.75 Å². The molecule has 0 aliphatic heterocycles. The van der Waals surface area contributed by atoms with Crippen LogP contribution in [0.4, 0.5) is 0 Å². The van der Waals surface area contributed by atoms with E-state index in [1.165, 1.54) is 24.0 Å². The Bertz CT molecular complexity index is 733. The number of hydrogen-bond acceptors (Lipinski definition) is 4. The molecule has 0 aliphatic carbocycles. The molecule has 2 aromatic carbocycles. The number of aromatic hydroxyl groups is 1. The van der Waals surface area contributed by atoms with Gasteiger partial charge in [-0.05, 0) is 30.7 Å². The molecule has 24 heavy (non-hydrogen) atoms. The van der Waals surface area contributed by atoms with Gasteiger partial charge in [-0.25, -0.2) is 4.79 Å². The van der Waals surface area contributed by atoms with Gasteiger partial charge in [0.2, 0.25) is 0 Å². The van der Waals surface area contributed by atoms with E-state index in [9.17, 15) is 14.7 Å². The van der Waals surface area contributed by atoms with Crippen LogP contribution in [0, 0.1) is 0 Å². The van der Waals surface area contributed by atoms with E-state index >= 15 is 0 Å². The molecule has 0 heterocycles. The number of nitrogens with zero attached hydrogens (tertiary/aromatic N) is 1. The molecule has 5 nitrogen and oxygen atoms in total. The highest BCUT2D eigenvalue weighted by Crippen LogP contribution is 2.23. The summed E-state index contributed by atoms with van der Waals surface area (Å²) in [5, 5.41) is 9.74. The lowest BCUT2D eigenvalue weighted by Crippen LogP contribution is -2.37. The third kappa shape index (κ3) is 4.58. The first-order chi connectivity index (χ1) is 11.4. The van der Waals surface area contributed by atoms with E-state index in [0.717, 1.165) is 5.56 Å². The first kappa shape index (κ1) is 18.0. The summed E-state index contributed by atoms with van der Waals surface area (Å²) in [4.78, 5) is 26.0. The smallest absolute Gasteiger partial charge is 0.342 e. The van der Waals surface area contributed by atoms with E-state index in [2.05, 4.69) is 15.9 Å². The van der Waals surface area contributed by atoms with Crippen LogP contribution in [0.25, 0.3) is 0 Å². The molecule has 1 amide bonds. The molecule has 0 saturated carbocycles. The number of rotatable bonds is 5. The number of amides is 1. The first-order valence-electron chi connectivity index (χ1n) is 7.37. The number of phenols is 1. The van der Waals surface area contributed by atoms with Gasteiger partial charge in [-0.3, -0.25) is 4.79 Å². The average molecular weight is 392 g/mol. The third-order valence-electron chi connectivity index (χ3n) is 3.45. The largest absolute Gasteiger partial charge is 0.507 e. The van der Waals surface area contributed by atoms with E-state index in [0.29, 0.717) is 11.0 Å². The molecule has 0 spiro atoms. The molecular weight excluding hydrogens is 374 g/mol. The lowest BCUT2D eigenvalue weighted by atomic mass is 10.2. The van der Waals surface area contributed by atoms with Crippen molar-refractivity contribution >= 4 is 27.8 Å². The summed E-state index contributed by atoms with van der Waals surface area (Å²) in [6.45, 7) is 1.93. The number of carbonyl (C=O) groups excluding carboxylic acids is 2. The maximum Gasteiger partial charge on any atom is 0.342 e. The Labute approximate surface area is 149 Å².